The van der Waals surface area contributed by atoms with Crippen molar-refractivity contribution in [1.82, 2.24) is 9.88 Å². The van der Waals surface area contributed by atoms with E-state index < -0.39 is 21.4 Å². The van der Waals surface area contributed by atoms with Gasteiger partial charge in [0.25, 0.3) is 0 Å². The summed E-state index contributed by atoms with van der Waals surface area (Å²) in [5.41, 5.74) is 0.500. The van der Waals surface area contributed by atoms with Gasteiger partial charge in [-0.15, -0.1) is 0 Å². The van der Waals surface area contributed by atoms with Crippen LogP contribution in [0.3, 0.4) is 0 Å². The molecule has 3 rings (SSSR count). The number of rotatable bonds is 4. The average Bonchev–Trinajstić information content (AvgIpc) is 3.17. The van der Waals surface area contributed by atoms with E-state index in [0.717, 1.165) is 6.26 Å². The topological polar surface area (TPSA) is 106 Å². The number of esters is 1. The number of carbonyl (C=O) groups excluding carboxylic acids is 2. The van der Waals surface area contributed by atoms with Crippen LogP contribution in [-0.2, 0) is 19.3 Å². The summed E-state index contributed by atoms with van der Waals surface area (Å²) in [6.45, 7) is 7.51. The number of amides is 1. The predicted molar refractivity (Wildman–Crippen MR) is 122 cm³/mol. The Kier molecular flexibility index (Phi) is 6.80. The molecule has 1 aliphatic heterocycles. The van der Waals surface area contributed by atoms with E-state index in [0.29, 0.717) is 47.4 Å². The summed E-state index contributed by atoms with van der Waals surface area (Å²) in [4.78, 5) is 33.5. The highest BCUT2D eigenvalue weighted by atomic mass is 32.2. The summed E-state index contributed by atoms with van der Waals surface area (Å²) in [7, 11) is -2.03. The van der Waals surface area contributed by atoms with Crippen LogP contribution < -0.4 is 4.90 Å². The first-order chi connectivity index (χ1) is 14.9. The van der Waals surface area contributed by atoms with E-state index in [-0.39, 0.29) is 11.0 Å². The number of hydrogen-bond donors (Lipinski definition) is 0. The fourth-order valence-corrected chi connectivity index (χ4v) is 4.83. The fourth-order valence-electron chi connectivity index (χ4n) is 3.14. The summed E-state index contributed by atoms with van der Waals surface area (Å²) in [5, 5.41) is 0.636. The van der Waals surface area contributed by atoms with Gasteiger partial charge < -0.3 is 19.3 Å². The number of anilines is 1. The summed E-state index contributed by atoms with van der Waals surface area (Å²) in [5.74, 6) is -0.511. The molecule has 1 amide bonds. The van der Waals surface area contributed by atoms with Crippen molar-refractivity contribution in [2.24, 2.45) is 0 Å². The van der Waals surface area contributed by atoms with Gasteiger partial charge >= 0.3 is 12.1 Å². The molecule has 0 aliphatic carbocycles. The third-order valence-electron chi connectivity index (χ3n) is 4.74. The van der Waals surface area contributed by atoms with Gasteiger partial charge in [-0.3, -0.25) is 0 Å². The van der Waals surface area contributed by atoms with Crippen molar-refractivity contribution >= 4 is 38.4 Å². The van der Waals surface area contributed by atoms with Gasteiger partial charge in [-0.05, 0) is 32.9 Å². The molecular formula is C21H27N3O6S2. The number of thiazole rings is 1. The Morgan fingerprint density at radius 2 is 1.66 bits per heavy atom. The molecule has 174 valence electrons. The van der Waals surface area contributed by atoms with E-state index in [2.05, 4.69) is 4.98 Å². The normalized spacial score (nSPS) is 14.9. The fraction of sp³-hybridized carbons (Fsp3) is 0.476. The Labute approximate surface area is 191 Å². The average molecular weight is 482 g/mol. The van der Waals surface area contributed by atoms with E-state index in [4.69, 9.17) is 9.47 Å². The minimum absolute atomic E-state index is 0.189. The zero-order chi connectivity index (χ0) is 23.7. The van der Waals surface area contributed by atoms with Crippen molar-refractivity contribution in [3.63, 3.8) is 0 Å². The lowest BCUT2D eigenvalue weighted by molar-refractivity contribution is 0.0240. The number of nitrogens with zero attached hydrogens (tertiary/aromatic N) is 3. The van der Waals surface area contributed by atoms with Crippen molar-refractivity contribution in [2.75, 3.05) is 44.4 Å². The van der Waals surface area contributed by atoms with Crippen molar-refractivity contribution < 1.29 is 27.5 Å². The Hall–Kier alpha value is -2.66. The largest absolute Gasteiger partial charge is 0.465 e. The molecule has 0 radical (unpaired) electrons. The van der Waals surface area contributed by atoms with Gasteiger partial charge in [0, 0.05) is 38.0 Å². The molecule has 1 aromatic carbocycles. The molecule has 11 heteroatoms. The maximum absolute atomic E-state index is 12.4. The van der Waals surface area contributed by atoms with E-state index in [9.17, 15) is 18.0 Å². The molecule has 9 nitrogen and oxygen atoms in total. The summed E-state index contributed by atoms with van der Waals surface area (Å²) in [6.07, 6.45) is 0.790. The first kappa shape index (κ1) is 24.0. The van der Waals surface area contributed by atoms with Crippen LogP contribution in [0.1, 0.15) is 30.4 Å². The maximum Gasteiger partial charge on any atom is 0.410 e. The Bertz CT molecular complexity index is 1100. The Morgan fingerprint density at radius 1 is 1.06 bits per heavy atom. The summed E-state index contributed by atoms with van der Waals surface area (Å²) in [6, 6.07) is 6.24. The second kappa shape index (κ2) is 9.07. The maximum atomic E-state index is 12.4. The molecule has 0 bridgehead atoms. The van der Waals surface area contributed by atoms with E-state index in [1.165, 1.54) is 30.6 Å². The lowest BCUT2D eigenvalue weighted by Crippen LogP contribution is -2.50. The van der Waals surface area contributed by atoms with Crippen molar-refractivity contribution in [3.8, 4) is 11.3 Å². The Morgan fingerprint density at radius 3 is 2.16 bits per heavy atom. The minimum Gasteiger partial charge on any atom is -0.465 e. The standard InChI is InChI=1S/C21H27N3O6S2/c1-21(2,3)30-20(26)24-12-10-23(11-13-24)19-22-16(17(31-19)18(25)29-4)14-6-8-15(9-7-14)32(5,27)28/h6-9H,10-13H2,1-5H3. The SMILES string of the molecule is COC(=O)c1sc(N2CCN(C(=O)OC(C)(C)C)CC2)nc1-c1ccc(S(C)(=O)=O)cc1. The molecule has 2 heterocycles. The molecule has 1 saturated heterocycles. The summed E-state index contributed by atoms with van der Waals surface area (Å²) < 4.78 is 33.8. The second-order valence-electron chi connectivity index (χ2n) is 8.42. The van der Waals surface area contributed by atoms with Gasteiger partial charge in [0.1, 0.15) is 10.5 Å². The molecule has 0 N–H and O–H groups in total. The minimum atomic E-state index is -3.33. The number of aromatic nitrogens is 1. The highest BCUT2D eigenvalue weighted by molar-refractivity contribution is 7.90. The number of piperazine rings is 1. The van der Waals surface area contributed by atoms with Crippen LogP contribution >= 0.6 is 11.3 Å². The van der Waals surface area contributed by atoms with Crippen LogP contribution in [-0.4, -0.2) is 75.5 Å². The van der Waals surface area contributed by atoms with Gasteiger partial charge in [-0.25, -0.2) is 23.0 Å². The third kappa shape index (κ3) is 5.57. The quantitative estimate of drug-likeness (QED) is 0.614. The number of hydrogen-bond acceptors (Lipinski definition) is 9. The lowest BCUT2D eigenvalue weighted by atomic mass is 10.1. The molecule has 2 aromatic rings. The van der Waals surface area contributed by atoms with Gasteiger partial charge in [-0.1, -0.05) is 23.5 Å². The van der Waals surface area contributed by atoms with Crippen LogP contribution in [0.25, 0.3) is 11.3 Å². The lowest BCUT2D eigenvalue weighted by Gasteiger charge is -2.35. The number of carbonyl (C=O) groups is 2. The number of benzene rings is 1. The highest BCUT2D eigenvalue weighted by Gasteiger charge is 2.29. The Balaban J connectivity index is 1.82. The van der Waals surface area contributed by atoms with Gasteiger partial charge in [-0.2, -0.15) is 0 Å². The molecule has 0 unspecified atom stereocenters. The van der Waals surface area contributed by atoms with Gasteiger partial charge in [0.15, 0.2) is 15.0 Å². The smallest absolute Gasteiger partial charge is 0.410 e. The van der Waals surface area contributed by atoms with Gasteiger partial charge in [0.2, 0.25) is 0 Å². The van der Waals surface area contributed by atoms with Crippen LogP contribution in [0.5, 0.6) is 0 Å². The molecule has 1 aromatic heterocycles. The third-order valence-corrected chi connectivity index (χ3v) is 6.97. The first-order valence-electron chi connectivity index (χ1n) is 10.0. The van der Waals surface area contributed by atoms with Crippen molar-refractivity contribution in [2.45, 2.75) is 31.3 Å². The molecular weight excluding hydrogens is 454 g/mol. The van der Waals surface area contributed by atoms with E-state index >= 15 is 0 Å². The highest BCUT2D eigenvalue weighted by Crippen LogP contribution is 2.34. The predicted octanol–water partition coefficient (Wildman–Crippen LogP) is 3.06. The first-order valence-corrected chi connectivity index (χ1v) is 12.7. The molecule has 1 aliphatic rings. The van der Waals surface area contributed by atoms with Crippen LogP contribution in [0.4, 0.5) is 9.93 Å². The van der Waals surface area contributed by atoms with Crippen LogP contribution in [0.2, 0.25) is 0 Å². The zero-order valence-electron chi connectivity index (χ0n) is 18.7. The summed E-state index contributed by atoms with van der Waals surface area (Å²) >= 11 is 1.21. The molecule has 0 saturated carbocycles. The van der Waals surface area contributed by atoms with Crippen LogP contribution in [0, 0.1) is 0 Å². The molecule has 32 heavy (non-hydrogen) atoms. The molecule has 0 atom stereocenters. The van der Waals surface area contributed by atoms with Crippen molar-refractivity contribution in [3.05, 3.63) is 29.1 Å². The number of methoxy groups -OCH3 is 1. The molecule has 0 spiro atoms. The van der Waals surface area contributed by atoms with E-state index in [1.807, 2.05) is 25.7 Å². The number of sulfone groups is 1. The second-order valence-corrected chi connectivity index (χ2v) is 11.4. The zero-order valence-corrected chi connectivity index (χ0v) is 20.4. The van der Waals surface area contributed by atoms with Crippen LogP contribution in [0.15, 0.2) is 29.2 Å². The van der Waals surface area contributed by atoms with Crippen molar-refractivity contribution in [1.29, 1.82) is 0 Å². The van der Waals surface area contributed by atoms with E-state index in [1.54, 1.807) is 17.0 Å². The monoisotopic (exact) mass is 481 g/mol. The molecule has 1 fully saturated rings. The van der Waals surface area contributed by atoms with Gasteiger partial charge in [0.05, 0.1) is 17.7 Å². The number of ether oxygens (including phenoxy) is 2.